The summed E-state index contributed by atoms with van der Waals surface area (Å²) in [6.45, 7) is 3.44. The van der Waals surface area contributed by atoms with E-state index >= 15 is 0 Å². The standard InChI is InChI=1S/C25H26N4O4/c30-24(31)19-7-5-18(6-8-19)11-27-14-22-15-29(10-9-23(22)26-16-27)25(32)33-17-28-12-20-3-1-2-4-21(20)13-28/h1-3,5-8,13,16H,4,9-12,14-15,17H2,(H,30,31). The topological polar surface area (TPSA) is 85.7 Å². The highest BCUT2D eigenvalue weighted by Gasteiger charge is 2.27. The van der Waals surface area contributed by atoms with Crippen molar-refractivity contribution in [2.24, 2.45) is 4.99 Å². The minimum absolute atomic E-state index is 0.249. The van der Waals surface area contributed by atoms with Crippen molar-refractivity contribution < 1.29 is 19.4 Å². The molecule has 0 unspecified atom stereocenters. The lowest BCUT2D eigenvalue weighted by Gasteiger charge is -2.34. The maximum absolute atomic E-state index is 12.7. The van der Waals surface area contributed by atoms with Gasteiger partial charge in [-0.1, -0.05) is 30.4 Å². The highest BCUT2D eigenvalue weighted by atomic mass is 16.6. The Kier molecular flexibility index (Phi) is 5.73. The minimum Gasteiger partial charge on any atom is -0.478 e. The van der Waals surface area contributed by atoms with Crippen molar-refractivity contribution in [2.75, 3.05) is 32.9 Å². The lowest BCUT2D eigenvalue weighted by molar-refractivity contribution is 0.0669. The van der Waals surface area contributed by atoms with E-state index in [9.17, 15) is 9.59 Å². The number of carboxylic acid groups (broad SMARTS) is 1. The number of benzene rings is 1. The van der Waals surface area contributed by atoms with Crippen molar-refractivity contribution in [3.05, 3.63) is 82.2 Å². The summed E-state index contributed by atoms with van der Waals surface area (Å²) < 4.78 is 5.60. The largest absolute Gasteiger partial charge is 0.478 e. The number of aliphatic imine (C=N–C) groups is 1. The number of hydrogen-bond donors (Lipinski definition) is 1. The first-order chi connectivity index (χ1) is 16.0. The van der Waals surface area contributed by atoms with Gasteiger partial charge in [-0.05, 0) is 40.8 Å². The van der Waals surface area contributed by atoms with Crippen LogP contribution in [0.4, 0.5) is 4.79 Å². The Balaban J connectivity index is 1.13. The Morgan fingerprint density at radius 3 is 2.70 bits per heavy atom. The Morgan fingerprint density at radius 2 is 1.91 bits per heavy atom. The molecule has 170 valence electrons. The summed E-state index contributed by atoms with van der Waals surface area (Å²) in [5.74, 6) is -0.932. The SMILES string of the molecule is O=C(O)c1ccc(CN2C=NC3=C(C2)CN(C(=O)OCN2C=C4CC=CC=C4C2)CC3)cc1. The average Bonchev–Trinajstić information content (AvgIpc) is 3.25. The molecule has 0 fully saturated rings. The van der Waals surface area contributed by atoms with Gasteiger partial charge in [0.15, 0.2) is 6.73 Å². The van der Waals surface area contributed by atoms with Crippen LogP contribution in [-0.2, 0) is 11.3 Å². The van der Waals surface area contributed by atoms with Crippen LogP contribution in [0.1, 0.15) is 28.8 Å². The smallest absolute Gasteiger partial charge is 0.411 e. The van der Waals surface area contributed by atoms with Crippen LogP contribution in [-0.4, -0.2) is 71.1 Å². The molecular formula is C25H26N4O4. The molecule has 0 saturated carbocycles. The van der Waals surface area contributed by atoms with Crippen molar-refractivity contribution in [1.82, 2.24) is 14.7 Å². The molecule has 1 amide bonds. The predicted octanol–water partition coefficient (Wildman–Crippen LogP) is 3.37. The van der Waals surface area contributed by atoms with Gasteiger partial charge in [0.05, 0.1) is 11.9 Å². The van der Waals surface area contributed by atoms with Gasteiger partial charge in [0.2, 0.25) is 0 Å². The summed E-state index contributed by atoms with van der Waals surface area (Å²) in [5.41, 5.74) is 6.03. The van der Waals surface area contributed by atoms with E-state index in [1.54, 1.807) is 17.0 Å². The molecule has 4 aliphatic rings. The van der Waals surface area contributed by atoms with Gasteiger partial charge in [-0.2, -0.15) is 0 Å². The molecule has 0 bridgehead atoms. The van der Waals surface area contributed by atoms with Crippen LogP contribution in [0.3, 0.4) is 0 Å². The number of allylic oxidation sites excluding steroid dienone is 3. The molecule has 5 rings (SSSR count). The van der Waals surface area contributed by atoms with Crippen LogP contribution in [0.25, 0.3) is 0 Å². The second-order valence-electron chi connectivity index (χ2n) is 8.64. The first-order valence-electron chi connectivity index (χ1n) is 11.1. The zero-order chi connectivity index (χ0) is 22.8. The van der Waals surface area contributed by atoms with E-state index in [1.165, 1.54) is 11.1 Å². The zero-order valence-electron chi connectivity index (χ0n) is 18.3. The average molecular weight is 447 g/mol. The van der Waals surface area contributed by atoms with Crippen LogP contribution < -0.4 is 0 Å². The first kappa shape index (κ1) is 21.1. The van der Waals surface area contributed by atoms with E-state index in [-0.39, 0.29) is 18.4 Å². The quantitative estimate of drug-likeness (QED) is 0.747. The maximum atomic E-state index is 12.7. The molecule has 1 aromatic carbocycles. The molecule has 3 heterocycles. The summed E-state index contributed by atoms with van der Waals surface area (Å²) >= 11 is 0. The van der Waals surface area contributed by atoms with Gasteiger partial charge in [-0.15, -0.1) is 0 Å². The number of fused-ring (bicyclic) bond motifs is 1. The molecule has 0 atom stereocenters. The van der Waals surface area contributed by atoms with Gasteiger partial charge >= 0.3 is 12.1 Å². The molecule has 1 aliphatic carbocycles. The maximum Gasteiger partial charge on any atom is 0.411 e. The summed E-state index contributed by atoms with van der Waals surface area (Å²) in [5, 5.41) is 9.05. The molecule has 0 spiro atoms. The number of hydrogen-bond acceptors (Lipinski definition) is 6. The fourth-order valence-corrected chi connectivity index (χ4v) is 4.50. The van der Waals surface area contributed by atoms with Gasteiger partial charge in [0, 0.05) is 51.0 Å². The molecule has 0 saturated heterocycles. The predicted molar refractivity (Wildman–Crippen MR) is 123 cm³/mol. The number of ether oxygens (including phenoxy) is 1. The lowest BCUT2D eigenvalue weighted by Crippen LogP contribution is -2.42. The lowest BCUT2D eigenvalue weighted by atomic mass is 10.0. The van der Waals surface area contributed by atoms with Gasteiger partial charge in [0.1, 0.15) is 0 Å². The third kappa shape index (κ3) is 4.69. The molecule has 33 heavy (non-hydrogen) atoms. The van der Waals surface area contributed by atoms with E-state index in [4.69, 9.17) is 9.84 Å². The number of carbonyl (C=O) groups is 2. The Labute approximate surface area is 192 Å². The molecule has 0 aromatic heterocycles. The van der Waals surface area contributed by atoms with Crippen molar-refractivity contribution in [3.8, 4) is 0 Å². The van der Waals surface area contributed by atoms with Crippen molar-refractivity contribution in [2.45, 2.75) is 19.4 Å². The van der Waals surface area contributed by atoms with Crippen LogP contribution >= 0.6 is 0 Å². The van der Waals surface area contributed by atoms with Gasteiger partial charge in [-0.3, -0.25) is 0 Å². The normalized spacial score (nSPS) is 19.2. The molecule has 1 aromatic rings. The van der Waals surface area contributed by atoms with Crippen LogP contribution in [0.5, 0.6) is 0 Å². The Hall–Kier alpha value is -3.81. The number of aromatic carboxylic acids is 1. The fraction of sp³-hybridized carbons (Fsp3) is 0.320. The van der Waals surface area contributed by atoms with E-state index in [0.29, 0.717) is 32.6 Å². The Morgan fingerprint density at radius 1 is 1.06 bits per heavy atom. The van der Waals surface area contributed by atoms with E-state index in [2.05, 4.69) is 34.3 Å². The summed E-state index contributed by atoms with van der Waals surface area (Å²) in [6, 6.07) is 6.86. The van der Waals surface area contributed by atoms with Crippen LogP contribution in [0.15, 0.2) is 76.1 Å². The number of rotatable bonds is 5. The fourth-order valence-electron chi connectivity index (χ4n) is 4.50. The van der Waals surface area contributed by atoms with Crippen LogP contribution in [0, 0.1) is 0 Å². The van der Waals surface area contributed by atoms with E-state index in [0.717, 1.165) is 29.8 Å². The first-order valence-corrected chi connectivity index (χ1v) is 11.1. The number of amides is 1. The monoisotopic (exact) mass is 446 g/mol. The molecule has 3 aliphatic heterocycles. The van der Waals surface area contributed by atoms with E-state index in [1.807, 2.05) is 23.4 Å². The minimum atomic E-state index is -0.932. The summed E-state index contributed by atoms with van der Waals surface area (Å²) in [6.07, 6.45) is 11.6. The Bertz CT molecular complexity index is 1110. The highest BCUT2D eigenvalue weighted by molar-refractivity contribution is 5.87. The molecule has 1 N–H and O–H groups in total. The molecule has 8 nitrogen and oxygen atoms in total. The summed E-state index contributed by atoms with van der Waals surface area (Å²) in [7, 11) is 0. The number of carboxylic acids is 1. The molecule has 0 radical (unpaired) electrons. The van der Waals surface area contributed by atoms with Crippen LogP contribution in [0.2, 0.25) is 0 Å². The second kappa shape index (κ2) is 8.97. The van der Waals surface area contributed by atoms with Crippen molar-refractivity contribution >= 4 is 18.4 Å². The van der Waals surface area contributed by atoms with Gasteiger partial charge in [0.25, 0.3) is 0 Å². The van der Waals surface area contributed by atoms with Crippen molar-refractivity contribution in [1.29, 1.82) is 0 Å². The zero-order valence-corrected chi connectivity index (χ0v) is 18.3. The number of nitrogens with zero attached hydrogens (tertiary/aromatic N) is 4. The third-order valence-corrected chi connectivity index (χ3v) is 6.27. The van der Waals surface area contributed by atoms with Gasteiger partial charge in [-0.25, -0.2) is 14.6 Å². The summed E-state index contributed by atoms with van der Waals surface area (Å²) in [4.78, 5) is 34.2. The molecule has 8 heteroatoms. The van der Waals surface area contributed by atoms with Crippen molar-refractivity contribution in [3.63, 3.8) is 0 Å². The third-order valence-electron chi connectivity index (χ3n) is 6.27. The van der Waals surface area contributed by atoms with E-state index < -0.39 is 5.97 Å². The van der Waals surface area contributed by atoms with Gasteiger partial charge < -0.3 is 24.5 Å². The number of carbonyl (C=O) groups excluding carboxylic acids is 1. The second-order valence-corrected chi connectivity index (χ2v) is 8.64. The highest BCUT2D eigenvalue weighted by Crippen LogP contribution is 2.27. The molecular weight excluding hydrogens is 420 g/mol.